The normalized spacial score (nSPS) is 18.0. The molecule has 0 radical (unpaired) electrons. The van der Waals surface area contributed by atoms with E-state index in [9.17, 15) is 0 Å². The fraction of sp³-hybridized carbons (Fsp3) is 0.235. The van der Waals surface area contributed by atoms with E-state index in [1.54, 1.807) is 11.3 Å². The Morgan fingerprint density at radius 2 is 2.14 bits per heavy atom. The molecule has 21 heavy (non-hydrogen) atoms. The smallest absolute Gasteiger partial charge is 0.137 e. The third kappa shape index (κ3) is 2.03. The number of nitrogens with two attached hydrogens (primary N) is 1. The van der Waals surface area contributed by atoms with Crippen LogP contribution in [0.1, 0.15) is 17.2 Å². The summed E-state index contributed by atoms with van der Waals surface area (Å²) in [4.78, 5) is 7.02. The first-order chi connectivity index (χ1) is 10.4. The Morgan fingerprint density at radius 3 is 3.05 bits per heavy atom. The van der Waals surface area contributed by atoms with E-state index in [0.717, 1.165) is 18.8 Å². The Balaban J connectivity index is 1.84. The van der Waals surface area contributed by atoms with Crippen molar-refractivity contribution in [2.75, 3.05) is 18.0 Å². The zero-order chi connectivity index (χ0) is 14.2. The molecule has 0 saturated carbocycles. The lowest BCUT2D eigenvalue weighted by Gasteiger charge is -2.38. The van der Waals surface area contributed by atoms with Crippen molar-refractivity contribution in [2.24, 2.45) is 5.73 Å². The van der Waals surface area contributed by atoms with E-state index in [1.807, 2.05) is 6.20 Å². The zero-order valence-corrected chi connectivity index (χ0v) is 12.5. The minimum atomic E-state index is 0.216. The second-order valence-electron chi connectivity index (χ2n) is 5.36. The van der Waals surface area contributed by atoms with Crippen LogP contribution in [0.2, 0.25) is 0 Å². The Kier molecular flexibility index (Phi) is 3.13. The van der Waals surface area contributed by atoms with E-state index < -0.39 is 0 Å². The lowest BCUT2D eigenvalue weighted by atomic mass is 9.92. The largest absolute Gasteiger partial charge is 0.347 e. The number of pyridine rings is 1. The number of rotatable bonds is 2. The lowest BCUT2D eigenvalue weighted by molar-refractivity contribution is 0.586. The van der Waals surface area contributed by atoms with Crippen LogP contribution in [0.3, 0.4) is 0 Å². The van der Waals surface area contributed by atoms with Gasteiger partial charge in [-0.15, -0.1) is 11.3 Å². The van der Waals surface area contributed by atoms with Crippen LogP contribution in [0.5, 0.6) is 0 Å². The highest BCUT2D eigenvalue weighted by Crippen LogP contribution is 2.36. The maximum atomic E-state index is 6.10. The Hall–Kier alpha value is -1.91. The molecule has 2 aromatic heterocycles. The Bertz CT molecular complexity index is 780. The van der Waals surface area contributed by atoms with Gasteiger partial charge in [0.25, 0.3) is 0 Å². The van der Waals surface area contributed by atoms with Gasteiger partial charge >= 0.3 is 0 Å². The molecular weight excluding hydrogens is 278 g/mol. The number of benzene rings is 1. The SMILES string of the molecule is NCC1c2ccccc2CCN1c1nccc2sccc12. The summed E-state index contributed by atoms with van der Waals surface area (Å²) in [5.74, 6) is 1.07. The van der Waals surface area contributed by atoms with Crippen LogP contribution in [-0.4, -0.2) is 18.1 Å². The molecule has 0 saturated heterocycles. The summed E-state index contributed by atoms with van der Waals surface area (Å²) in [6, 6.07) is 13.1. The minimum Gasteiger partial charge on any atom is -0.347 e. The van der Waals surface area contributed by atoms with Crippen LogP contribution in [0, 0.1) is 0 Å². The molecule has 3 nitrogen and oxygen atoms in total. The van der Waals surface area contributed by atoms with Crippen molar-refractivity contribution in [1.29, 1.82) is 0 Å². The van der Waals surface area contributed by atoms with Gasteiger partial charge in [0, 0.05) is 29.4 Å². The van der Waals surface area contributed by atoms with Gasteiger partial charge in [0.15, 0.2) is 0 Å². The summed E-state index contributed by atoms with van der Waals surface area (Å²) in [6.07, 6.45) is 2.96. The molecule has 3 heterocycles. The number of aromatic nitrogens is 1. The highest BCUT2D eigenvalue weighted by atomic mass is 32.1. The van der Waals surface area contributed by atoms with Crippen molar-refractivity contribution in [3.8, 4) is 0 Å². The van der Waals surface area contributed by atoms with E-state index in [4.69, 9.17) is 5.73 Å². The van der Waals surface area contributed by atoms with Gasteiger partial charge < -0.3 is 10.6 Å². The summed E-state index contributed by atoms with van der Waals surface area (Å²) in [6.45, 7) is 1.58. The third-order valence-electron chi connectivity index (χ3n) is 4.27. The highest BCUT2D eigenvalue weighted by molar-refractivity contribution is 7.17. The van der Waals surface area contributed by atoms with Crippen LogP contribution in [0.15, 0.2) is 48.0 Å². The van der Waals surface area contributed by atoms with Gasteiger partial charge in [-0.2, -0.15) is 0 Å². The molecule has 0 amide bonds. The second-order valence-corrected chi connectivity index (χ2v) is 6.31. The standard InChI is InChI=1S/C17H17N3S/c18-11-15-13-4-2-1-3-12(13)6-9-20(15)17-14-7-10-21-16(14)5-8-19-17/h1-5,7-8,10,15H,6,9,11,18H2. The van der Waals surface area contributed by atoms with Gasteiger partial charge in [0.1, 0.15) is 5.82 Å². The molecule has 1 aromatic carbocycles. The maximum Gasteiger partial charge on any atom is 0.137 e. The number of fused-ring (bicyclic) bond motifs is 2. The van der Waals surface area contributed by atoms with Crippen molar-refractivity contribution in [2.45, 2.75) is 12.5 Å². The van der Waals surface area contributed by atoms with Gasteiger partial charge in [-0.1, -0.05) is 24.3 Å². The molecule has 1 aliphatic heterocycles. The van der Waals surface area contributed by atoms with Crippen molar-refractivity contribution < 1.29 is 0 Å². The van der Waals surface area contributed by atoms with Crippen LogP contribution >= 0.6 is 11.3 Å². The fourth-order valence-corrected chi connectivity index (χ4v) is 4.04. The summed E-state index contributed by atoms with van der Waals surface area (Å²) in [5.41, 5.74) is 8.86. The second kappa shape index (κ2) is 5.13. The van der Waals surface area contributed by atoms with E-state index in [1.165, 1.54) is 21.2 Å². The Morgan fingerprint density at radius 1 is 1.24 bits per heavy atom. The molecule has 0 aliphatic carbocycles. The van der Waals surface area contributed by atoms with Crippen LogP contribution in [-0.2, 0) is 6.42 Å². The fourth-order valence-electron chi connectivity index (χ4n) is 3.27. The maximum absolute atomic E-state index is 6.10. The molecule has 4 rings (SSSR count). The predicted molar refractivity (Wildman–Crippen MR) is 88.9 cm³/mol. The number of thiophene rings is 1. The van der Waals surface area contributed by atoms with Gasteiger partial charge in [-0.05, 0) is 35.1 Å². The summed E-state index contributed by atoms with van der Waals surface area (Å²) in [5, 5.41) is 3.37. The molecule has 3 aromatic rings. The van der Waals surface area contributed by atoms with Gasteiger partial charge in [-0.3, -0.25) is 0 Å². The first kappa shape index (κ1) is 12.8. The molecule has 2 N–H and O–H groups in total. The lowest BCUT2D eigenvalue weighted by Crippen LogP contribution is -2.39. The minimum absolute atomic E-state index is 0.216. The quantitative estimate of drug-likeness (QED) is 0.788. The van der Waals surface area contributed by atoms with Crippen molar-refractivity contribution >= 4 is 27.2 Å². The monoisotopic (exact) mass is 295 g/mol. The average molecular weight is 295 g/mol. The molecule has 0 fully saturated rings. The zero-order valence-electron chi connectivity index (χ0n) is 11.7. The number of hydrogen-bond acceptors (Lipinski definition) is 4. The number of nitrogens with zero attached hydrogens (tertiary/aromatic N) is 2. The van der Waals surface area contributed by atoms with Gasteiger partial charge in [-0.25, -0.2) is 4.98 Å². The molecule has 4 heteroatoms. The van der Waals surface area contributed by atoms with Crippen LogP contribution in [0.4, 0.5) is 5.82 Å². The van der Waals surface area contributed by atoms with E-state index in [-0.39, 0.29) is 6.04 Å². The molecule has 0 bridgehead atoms. The first-order valence-electron chi connectivity index (χ1n) is 7.25. The third-order valence-corrected chi connectivity index (χ3v) is 5.15. The molecule has 1 atom stereocenters. The van der Waals surface area contributed by atoms with Crippen LogP contribution in [0.25, 0.3) is 10.1 Å². The van der Waals surface area contributed by atoms with Crippen molar-refractivity contribution in [1.82, 2.24) is 4.98 Å². The van der Waals surface area contributed by atoms with Gasteiger partial charge in [0.2, 0.25) is 0 Å². The summed E-state index contributed by atoms with van der Waals surface area (Å²) < 4.78 is 1.29. The van der Waals surface area contributed by atoms with E-state index in [0.29, 0.717) is 6.54 Å². The van der Waals surface area contributed by atoms with E-state index in [2.05, 4.69) is 51.7 Å². The topological polar surface area (TPSA) is 42.1 Å². The molecule has 106 valence electrons. The molecule has 1 aliphatic rings. The van der Waals surface area contributed by atoms with Gasteiger partial charge in [0.05, 0.1) is 6.04 Å². The number of hydrogen-bond donors (Lipinski definition) is 1. The summed E-state index contributed by atoms with van der Waals surface area (Å²) >= 11 is 1.76. The Labute approximate surface area is 128 Å². The van der Waals surface area contributed by atoms with E-state index >= 15 is 0 Å². The summed E-state index contributed by atoms with van der Waals surface area (Å²) in [7, 11) is 0. The highest BCUT2D eigenvalue weighted by Gasteiger charge is 2.28. The van der Waals surface area contributed by atoms with Crippen LogP contribution < -0.4 is 10.6 Å². The first-order valence-corrected chi connectivity index (χ1v) is 8.13. The van der Waals surface area contributed by atoms with Crippen molar-refractivity contribution in [3.05, 3.63) is 59.1 Å². The number of anilines is 1. The predicted octanol–water partition coefficient (Wildman–Crippen LogP) is 3.36. The van der Waals surface area contributed by atoms with Crippen molar-refractivity contribution in [3.63, 3.8) is 0 Å². The molecule has 0 spiro atoms. The average Bonchev–Trinajstić information content (AvgIpc) is 3.02. The molecular formula is C17H17N3S. The molecule has 1 unspecified atom stereocenters.